The number of hydrogen-bond donors (Lipinski definition) is 1. The number of phenolic OH excluding ortho intramolecular Hbond substituents is 1. The van der Waals surface area contributed by atoms with Crippen molar-refractivity contribution in [2.75, 3.05) is 0 Å². The second-order valence-corrected chi connectivity index (χ2v) is 5.35. The molecule has 0 atom stereocenters. The minimum Gasteiger partial charge on any atom is -0.517 e. The van der Waals surface area contributed by atoms with Gasteiger partial charge < -0.3 is 14.2 Å². The van der Waals surface area contributed by atoms with Crippen molar-refractivity contribution in [1.29, 1.82) is 0 Å². The third-order valence-electron chi connectivity index (χ3n) is 3.77. The molecule has 4 aromatic rings. The molecule has 0 aliphatic carbocycles. The summed E-state index contributed by atoms with van der Waals surface area (Å²) in [5.41, 5.74) is 3.37. The summed E-state index contributed by atoms with van der Waals surface area (Å²) >= 11 is 0. The van der Waals surface area contributed by atoms with Crippen molar-refractivity contribution in [3.8, 4) is 28.3 Å². The van der Waals surface area contributed by atoms with Crippen LogP contribution in [0.25, 0.3) is 22.5 Å². The molecule has 124 valence electrons. The molecule has 1 aromatic heterocycles. The van der Waals surface area contributed by atoms with Gasteiger partial charge in [0.05, 0.1) is 5.75 Å². The average Bonchev–Trinajstić information content (AvgIpc) is 3.13. The zero-order valence-electron chi connectivity index (χ0n) is 13.1. The standard InChI is InChI=1S/C21H14N2O.Au/c24-21-12-5-4-11-20(21)17-7-6-10-19(15-17)23-14-13-22(16-23)18-8-2-1-3-9-18;/h1-8,10-14,24H;/q-2;+3. The molecule has 4 rings (SSSR count). The topological polar surface area (TPSA) is 29.0 Å². The van der Waals surface area contributed by atoms with E-state index in [1.807, 2.05) is 82.2 Å². The molecule has 1 N–H and O–H groups in total. The Balaban J connectivity index is 0.00000182. The maximum Gasteiger partial charge on any atom is 3.00 e. The van der Waals surface area contributed by atoms with Crippen LogP contribution >= 0.6 is 0 Å². The van der Waals surface area contributed by atoms with E-state index in [1.165, 1.54) is 0 Å². The van der Waals surface area contributed by atoms with Crippen LogP contribution in [-0.2, 0) is 22.4 Å². The SMILES string of the molecule is Oc1ccccc1-c1[c-]c(-[n+]2[c-]n(-c3[c-]cccc3)cc2)ccc1.[Au+3]. The van der Waals surface area contributed by atoms with Gasteiger partial charge in [0.1, 0.15) is 0 Å². The van der Waals surface area contributed by atoms with Crippen LogP contribution in [0.4, 0.5) is 0 Å². The summed E-state index contributed by atoms with van der Waals surface area (Å²) < 4.78 is 3.74. The summed E-state index contributed by atoms with van der Waals surface area (Å²) in [6.07, 6.45) is 7.09. The van der Waals surface area contributed by atoms with Crippen molar-refractivity contribution in [2.45, 2.75) is 0 Å². The van der Waals surface area contributed by atoms with E-state index in [1.54, 1.807) is 6.07 Å². The van der Waals surface area contributed by atoms with E-state index in [-0.39, 0.29) is 28.1 Å². The first-order valence-electron chi connectivity index (χ1n) is 7.62. The zero-order valence-corrected chi connectivity index (χ0v) is 15.3. The third-order valence-corrected chi connectivity index (χ3v) is 3.77. The number of nitrogens with zero attached hydrogens (tertiary/aromatic N) is 2. The molecule has 0 radical (unpaired) electrons. The van der Waals surface area contributed by atoms with Crippen molar-refractivity contribution in [2.24, 2.45) is 0 Å². The third kappa shape index (κ3) is 3.59. The maximum atomic E-state index is 10.0. The molecule has 0 saturated heterocycles. The normalized spacial score (nSPS) is 10.2. The minimum atomic E-state index is 0. The van der Waals surface area contributed by atoms with Crippen molar-refractivity contribution >= 4 is 0 Å². The van der Waals surface area contributed by atoms with Gasteiger partial charge in [-0.1, -0.05) is 23.8 Å². The van der Waals surface area contributed by atoms with E-state index in [0.29, 0.717) is 0 Å². The maximum absolute atomic E-state index is 10.0. The number of benzene rings is 3. The van der Waals surface area contributed by atoms with Gasteiger partial charge in [-0.2, -0.15) is 30.3 Å². The second kappa shape index (κ2) is 7.53. The van der Waals surface area contributed by atoms with Gasteiger partial charge >= 0.3 is 22.4 Å². The number of rotatable bonds is 3. The molecule has 0 aliphatic rings. The van der Waals surface area contributed by atoms with Gasteiger partial charge in [-0.05, 0) is 17.4 Å². The van der Waals surface area contributed by atoms with Crippen LogP contribution in [0.2, 0.25) is 0 Å². The van der Waals surface area contributed by atoms with E-state index in [2.05, 4.69) is 18.5 Å². The first-order chi connectivity index (χ1) is 11.8. The van der Waals surface area contributed by atoms with Gasteiger partial charge in [0.15, 0.2) is 0 Å². The molecule has 0 bridgehead atoms. The number of imidazole rings is 1. The molecular weight excluding hydrogens is 493 g/mol. The van der Waals surface area contributed by atoms with Gasteiger partial charge in [-0.15, -0.1) is 29.8 Å². The summed E-state index contributed by atoms with van der Waals surface area (Å²) in [7, 11) is 0. The second-order valence-electron chi connectivity index (χ2n) is 5.35. The molecule has 25 heavy (non-hydrogen) atoms. The predicted molar refractivity (Wildman–Crippen MR) is 90.9 cm³/mol. The molecule has 0 spiro atoms. The number of phenols is 1. The van der Waals surface area contributed by atoms with Gasteiger partial charge in [0.25, 0.3) is 6.33 Å². The van der Waals surface area contributed by atoms with Crippen molar-refractivity contribution in [1.82, 2.24) is 4.57 Å². The van der Waals surface area contributed by atoms with Crippen LogP contribution in [0.1, 0.15) is 0 Å². The molecule has 0 aliphatic heterocycles. The number of hydrogen-bond acceptors (Lipinski definition) is 1. The van der Waals surface area contributed by atoms with Gasteiger partial charge in [-0.25, -0.2) is 0 Å². The Morgan fingerprint density at radius 3 is 2.56 bits per heavy atom. The zero-order chi connectivity index (χ0) is 16.4. The largest absolute Gasteiger partial charge is 3.00 e. The molecule has 1 heterocycles. The fourth-order valence-corrected chi connectivity index (χ4v) is 2.57. The molecule has 0 saturated carbocycles. The van der Waals surface area contributed by atoms with E-state index in [0.717, 1.165) is 22.5 Å². The molecular formula is C21H14AuN2O+. The van der Waals surface area contributed by atoms with Crippen LogP contribution in [0.15, 0.2) is 79.1 Å². The Morgan fingerprint density at radius 2 is 1.76 bits per heavy atom. The van der Waals surface area contributed by atoms with Crippen LogP contribution in [-0.4, -0.2) is 9.67 Å². The molecule has 3 nitrogen and oxygen atoms in total. The Kier molecular flexibility index (Phi) is 5.19. The number of aromatic hydroxyl groups is 1. The summed E-state index contributed by atoms with van der Waals surface area (Å²) in [6.45, 7) is 0. The summed E-state index contributed by atoms with van der Waals surface area (Å²) in [6, 6.07) is 27.3. The van der Waals surface area contributed by atoms with Crippen molar-refractivity contribution in [3.05, 3.63) is 97.6 Å². The van der Waals surface area contributed by atoms with E-state index in [4.69, 9.17) is 0 Å². The molecule has 0 fully saturated rings. The molecule has 3 aromatic carbocycles. The molecule has 4 heteroatoms. The van der Waals surface area contributed by atoms with E-state index in [9.17, 15) is 5.11 Å². The van der Waals surface area contributed by atoms with Crippen molar-refractivity contribution in [3.63, 3.8) is 0 Å². The smallest absolute Gasteiger partial charge is 0.517 e. The van der Waals surface area contributed by atoms with E-state index < -0.39 is 0 Å². The summed E-state index contributed by atoms with van der Waals surface area (Å²) in [4.78, 5) is 0. The number of para-hydroxylation sites is 2. The first-order valence-corrected chi connectivity index (χ1v) is 7.62. The van der Waals surface area contributed by atoms with Crippen LogP contribution in [0.5, 0.6) is 5.75 Å². The average molecular weight is 507 g/mol. The molecule has 0 amide bonds. The Morgan fingerprint density at radius 1 is 0.920 bits per heavy atom. The van der Waals surface area contributed by atoms with Crippen LogP contribution in [0.3, 0.4) is 0 Å². The fraction of sp³-hybridized carbons (Fsp3) is 0. The fourth-order valence-electron chi connectivity index (χ4n) is 2.57. The van der Waals surface area contributed by atoms with E-state index >= 15 is 0 Å². The summed E-state index contributed by atoms with van der Waals surface area (Å²) in [5.74, 6) is 0.247. The first kappa shape index (κ1) is 17.2. The Hall–Kier alpha value is -2.59. The van der Waals surface area contributed by atoms with Crippen molar-refractivity contribution < 1.29 is 32.1 Å². The minimum absolute atomic E-state index is 0. The summed E-state index contributed by atoms with van der Waals surface area (Å²) in [5, 5.41) is 10.0. The van der Waals surface area contributed by atoms with Gasteiger partial charge in [0, 0.05) is 12.4 Å². The Bertz CT molecular complexity index is 980. The molecule has 0 unspecified atom stereocenters. The predicted octanol–water partition coefficient (Wildman–Crippen LogP) is 3.52. The number of aromatic nitrogens is 2. The van der Waals surface area contributed by atoms with Gasteiger partial charge in [-0.3, -0.25) is 0 Å². The van der Waals surface area contributed by atoms with Gasteiger partial charge in [0.2, 0.25) is 0 Å². The monoisotopic (exact) mass is 507 g/mol. The Labute approximate surface area is 162 Å². The quantitative estimate of drug-likeness (QED) is 0.257. The van der Waals surface area contributed by atoms with Crippen LogP contribution in [0, 0.1) is 18.5 Å². The van der Waals surface area contributed by atoms with Crippen LogP contribution < -0.4 is 4.57 Å².